The summed E-state index contributed by atoms with van der Waals surface area (Å²) in [5, 5.41) is 5.98. The third-order valence-corrected chi connectivity index (χ3v) is 5.87. The highest BCUT2D eigenvalue weighted by molar-refractivity contribution is 6.36. The Hall–Kier alpha value is -1.49. The summed E-state index contributed by atoms with van der Waals surface area (Å²) < 4.78 is 11.7. The molecule has 0 amide bonds. The Morgan fingerprint density at radius 1 is 0.767 bits per heavy atom. The number of hydrogen-bond acceptors (Lipinski definition) is 3. The van der Waals surface area contributed by atoms with Crippen LogP contribution in [0.25, 0.3) is 0 Å². The molecular formula is C22H18Cl5NO2. The Kier molecular flexibility index (Phi) is 8.27. The zero-order valence-corrected chi connectivity index (χ0v) is 19.7. The van der Waals surface area contributed by atoms with Gasteiger partial charge < -0.3 is 14.8 Å². The van der Waals surface area contributed by atoms with E-state index >= 15 is 0 Å². The molecule has 0 saturated carbocycles. The van der Waals surface area contributed by atoms with E-state index in [4.69, 9.17) is 67.5 Å². The van der Waals surface area contributed by atoms with E-state index in [0.29, 0.717) is 61.0 Å². The van der Waals surface area contributed by atoms with Crippen LogP contribution in [0.5, 0.6) is 11.5 Å². The third-order valence-electron chi connectivity index (χ3n) is 4.24. The van der Waals surface area contributed by atoms with Crippen LogP contribution >= 0.6 is 58.0 Å². The first kappa shape index (κ1) is 23.2. The Balaban J connectivity index is 1.80. The summed E-state index contributed by atoms with van der Waals surface area (Å²) in [5.74, 6) is 1.07. The van der Waals surface area contributed by atoms with Gasteiger partial charge in [-0.25, -0.2) is 0 Å². The van der Waals surface area contributed by atoms with Crippen LogP contribution in [0.15, 0.2) is 48.5 Å². The number of rotatable bonds is 8. The van der Waals surface area contributed by atoms with Crippen molar-refractivity contribution in [1.29, 1.82) is 0 Å². The second kappa shape index (κ2) is 10.7. The van der Waals surface area contributed by atoms with E-state index in [9.17, 15) is 0 Å². The Morgan fingerprint density at radius 2 is 1.47 bits per heavy atom. The number of hydrogen-bond donors (Lipinski definition) is 1. The van der Waals surface area contributed by atoms with Crippen LogP contribution in [0.2, 0.25) is 25.1 Å². The summed E-state index contributed by atoms with van der Waals surface area (Å²) in [4.78, 5) is 0. The molecular weight excluding hydrogens is 488 g/mol. The van der Waals surface area contributed by atoms with Gasteiger partial charge in [-0.3, -0.25) is 0 Å². The zero-order valence-electron chi connectivity index (χ0n) is 15.9. The lowest BCUT2D eigenvalue weighted by Crippen LogP contribution is -2.04. The van der Waals surface area contributed by atoms with Gasteiger partial charge in [0.25, 0.3) is 0 Å². The van der Waals surface area contributed by atoms with Crippen LogP contribution in [-0.4, -0.2) is 6.61 Å². The van der Waals surface area contributed by atoms with E-state index in [1.807, 2.05) is 13.0 Å². The minimum Gasteiger partial charge on any atom is -0.490 e. The average Bonchev–Trinajstić information content (AvgIpc) is 2.70. The fourth-order valence-electron chi connectivity index (χ4n) is 2.74. The molecule has 0 aromatic heterocycles. The minimum atomic E-state index is 0.185. The van der Waals surface area contributed by atoms with Crippen LogP contribution in [0.1, 0.15) is 18.1 Å². The summed E-state index contributed by atoms with van der Waals surface area (Å²) in [5.41, 5.74) is 2.23. The van der Waals surface area contributed by atoms with Gasteiger partial charge in [-0.05, 0) is 48.9 Å². The molecule has 30 heavy (non-hydrogen) atoms. The van der Waals surface area contributed by atoms with Crippen molar-refractivity contribution in [3.05, 3.63) is 84.8 Å². The molecule has 0 aliphatic rings. The van der Waals surface area contributed by atoms with Crippen molar-refractivity contribution in [2.75, 3.05) is 11.9 Å². The van der Waals surface area contributed by atoms with Gasteiger partial charge >= 0.3 is 0 Å². The van der Waals surface area contributed by atoms with Gasteiger partial charge in [0.2, 0.25) is 0 Å². The van der Waals surface area contributed by atoms with Gasteiger partial charge in [-0.15, -0.1) is 0 Å². The summed E-state index contributed by atoms with van der Waals surface area (Å²) >= 11 is 31.2. The topological polar surface area (TPSA) is 30.5 Å². The zero-order chi connectivity index (χ0) is 21.7. The van der Waals surface area contributed by atoms with Crippen LogP contribution in [0, 0.1) is 0 Å². The number of halogens is 5. The van der Waals surface area contributed by atoms with E-state index in [1.165, 1.54) is 0 Å². The molecule has 0 heterocycles. The van der Waals surface area contributed by atoms with Gasteiger partial charge in [-0.2, -0.15) is 0 Å². The van der Waals surface area contributed by atoms with Crippen LogP contribution in [-0.2, 0) is 13.2 Å². The molecule has 0 atom stereocenters. The summed E-state index contributed by atoms with van der Waals surface area (Å²) in [6.45, 7) is 2.98. The molecule has 158 valence electrons. The lowest BCUT2D eigenvalue weighted by molar-refractivity contribution is 0.269. The predicted octanol–water partition coefficient (Wildman–Crippen LogP) is 8.54. The maximum atomic E-state index is 6.50. The first-order chi connectivity index (χ1) is 14.4. The van der Waals surface area contributed by atoms with E-state index < -0.39 is 0 Å². The highest BCUT2D eigenvalue weighted by atomic mass is 35.5. The van der Waals surface area contributed by atoms with Crippen LogP contribution in [0.4, 0.5) is 5.69 Å². The van der Waals surface area contributed by atoms with E-state index in [1.54, 1.807) is 42.5 Å². The Morgan fingerprint density at radius 3 is 2.17 bits per heavy atom. The SMILES string of the molecule is CCOc1cc(CNc2cc(Cl)ccc2Cl)c(Cl)cc1OCc1c(Cl)cccc1Cl. The molecule has 0 saturated heterocycles. The lowest BCUT2D eigenvalue weighted by Gasteiger charge is -2.17. The van der Waals surface area contributed by atoms with Gasteiger partial charge in [0.15, 0.2) is 11.5 Å². The third kappa shape index (κ3) is 5.81. The fourth-order valence-corrected chi connectivity index (χ4v) is 3.82. The molecule has 0 fully saturated rings. The van der Waals surface area contributed by atoms with Crippen LogP contribution in [0.3, 0.4) is 0 Å². The summed E-state index contributed by atoms with van der Waals surface area (Å²) in [7, 11) is 0. The molecule has 0 aliphatic heterocycles. The van der Waals surface area contributed by atoms with Crippen molar-refractivity contribution in [2.45, 2.75) is 20.1 Å². The second-order valence-corrected chi connectivity index (χ2v) is 8.36. The molecule has 0 aliphatic carbocycles. The second-order valence-electron chi connectivity index (χ2n) is 6.29. The van der Waals surface area contributed by atoms with Crippen molar-refractivity contribution in [3.63, 3.8) is 0 Å². The fraction of sp³-hybridized carbons (Fsp3) is 0.182. The molecule has 3 aromatic carbocycles. The normalized spacial score (nSPS) is 10.7. The van der Waals surface area contributed by atoms with Gasteiger partial charge in [0.1, 0.15) is 6.61 Å². The maximum Gasteiger partial charge on any atom is 0.163 e. The largest absolute Gasteiger partial charge is 0.490 e. The van der Waals surface area contributed by atoms with Crippen molar-refractivity contribution >= 4 is 63.7 Å². The Labute approximate surface area is 200 Å². The van der Waals surface area contributed by atoms with E-state index in [2.05, 4.69) is 5.32 Å². The van der Waals surface area contributed by atoms with Crippen LogP contribution < -0.4 is 14.8 Å². The average molecular weight is 506 g/mol. The number of benzene rings is 3. The maximum absolute atomic E-state index is 6.50. The monoisotopic (exact) mass is 503 g/mol. The van der Waals surface area contributed by atoms with Gasteiger partial charge in [0, 0.05) is 38.3 Å². The molecule has 3 aromatic rings. The number of nitrogens with one attached hydrogen (secondary N) is 1. The smallest absolute Gasteiger partial charge is 0.163 e. The first-order valence-corrected chi connectivity index (χ1v) is 11.0. The molecule has 1 N–H and O–H groups in total. The van der Waals surface area contributed by atoms with Gasteiger partial charge in [-0.1, -0.05) is 64.1 Å². The predicted molar refractivity (Wildman–Crippen MR) is 127 cm³/mol. The van der Waals surface area contributed by atoms with E-state index in [0.717, 1.165) is 5.56 Å². The molecule has 0 bridgehead atoms. The molecule has 3 rings (SSSR count). The standard InChI is InChI=1S/C22H18Cl5NO2/c1-2-29-21-8-13(11-28-20-9-14(23)6-7-18(20)26)19(27)10-22(21)30-12-15-16(24)4-3-5-17(15)25/h3-10,28H,2,11-12H2,1H3. The molecule has 0 radical (unpaired) electrons. The van der Waals surface area contributed by atoms with Crippen molar-refractivity contribution in [2.24, 2.45) is 0 Å². The van der Waals surface area contributed by atoms with Crippen molar-refractivity contribution < 1.29 is 9.47 Å². The summed E-state index contributed by atoms with van der Waals surface area (Å²) in [6, 6.07) is 14.1. The molecule has 8 heteroatoms. The molecule has 0 unspecified atom stereocenters. The Bertz CT molecular complexity index is 1020. The highest BCUT2D eigenvalue weighted by Gasteiger charge is 2.14. The van der Waals surface area contributed by atoms with Crippen molar-refractivity contribution in [3.8, 4) is 11.5 Å². The quantitative estimate of drug-likeness (QED) is 0.333. The van der Waals surface area contributed by atoms with Crippen molar-refractivity contribution in [1.82, 2.24) is 0 Å². The molecule has 3 nitrogen and oxygen atoms in total. The number of ether oxygens (including phenoxy) is 2. The van der Waals surface area contributed by atoms with Gasteiger partial charge in [0.05, 0.1) is 17.3 Å². The summed E-state index contributed by atoms with van der Waals surface area (Å²) in [6.07, 6.45) is 0. The molecule has 0 spiro atoms. The minimum absolute atomic E-state index is 0.185. The lowest BCUT2D eigenvalue weighted by atomic mass is 10.2. The van der Waals surface area contributed by atoms with E-state index in [-0.39, 0.29) is 6.61 Å². The highest BCUT2D eigenvalue weighted by Crippen LogP contribution is 2.36. The first-order valence-electron chi connectivity index (χ1n) is 9.09. The number of anilines is 1.